The van der Waals surface area contributed by atoms with E-state index < -0.39 is 0 Å². The molecular formula is C11H15Cl2NO2. The maximum absolute atomic E-state index is 8.88. The molecule has 0 aliphatic rings. The van der Waals surface area contributed by atoms with Gasteiger partial charge in [0, 0.05) is 23.7 Å². The van der Waals surface area contributed by atoms with Gasteiger partial charge in [0.1, 0.15) is 5.75 Å². The summed E-state index contributed by atoms with van der Waals surface area (Å²) < 4.78 is 5.05. The van der Waals surface area contributed by atoms with E-state index in [0.29, 0.717) is 22.3 Å². The zero-order valence-corrected chi connectivity index (χ0v) is 10.8. The fourth-order valence-corrected chi connectivity index (χ4v) is 1.69. The maximum Gasteiger partial charge on any atom is 0.138 e. The Kier molecular flexibility index (Phi) is 5.35. The van der Waals surface area contributed by atoms with Gasteiger partial charge in [0.15, 0.2) is 0 Å². The molecule has 0 fully saturated rings. The third-order valence-electron chi connectivity index (χ3n) is 2.24. The summed E-state index contributed by atoms with van der Waals surface area (Å²) in [6, 6.07) is 3.47. The van der Waals surface area contributed by atoms with E-state index in [1.165, 1.54) is 0 Å². The van der Waals surface area contributed by atoms with Crippen molar-refractivity contribution in [3.63, 3.8) is 0 Å². The minimum Gasteiger partial charge on any atom is -0.495 e. The van der Waals surface area contributed by atoms with Gasteiger partial charge in [0.2, 0.25) is 0 Å². The SMILES string of the molecule is COc1cc(Cl)c(CN[C@@H](C)CO)cc1Cl. The normalized spacial score (nSPS) is 12.6. The average Bonchev–Trinajstić information content (AvgIpc) is 2.29. The number of rotatable bonds is 5. The molecule has 1 aromatic rings. The summed E-state index contributed by atoms with van der Waals surface area (Å²) >= 11 is 12.1. The summed E-state index contributed by atoms with van der Waals surface area (Å²) in [7, 11) is 1.54. The molecule has 0 saturated carbocycles. The van der Waals surface area contributed by atoms with Gasteiger partial charge in [-0.15, -0.1) is 0 Å². The lowest BCUT2D eigenvalue weighted by molar-refractivity contribution is 0.251. The molecule has 0 unspecified atom stereocenters. The lowest BCUT2D eigenvalue weighted by Crippen LogP contribution is -2.28. The van der Waals surface area contributed by atoms with Crippen molar-refractivity contribution >= 4 is 23.2 Å². The quantitative estimate of drug-likeness (QED) is 0.858. The molecule has 0 amide bonds. The number of hydrogen-bond acceptors (Lipinski definition) is 3. The van der Waals surface area contributed by atoms with Crippen molar-refractivity contribution in [2.24, 2.45) is 0 Å². The molecule has 0 spiro atoms. The summed E-state index contributed by atoms with van der Waals surface area (Å²) in [6.45, 7) is 2.53. The molecule has 1 rings (SSSR count). The summed E-state index contributed by atoms with van der Waals surface area (Å²) in [5.74, 6) is 0.561. The van der Waals surface area contributed by atoms with Crippen molar-refractivity contribution in [1.29, 1.82) is 0 Å². The Morgan fingerprint density at radius 3 is 2.62 bits per heavy atom. The number of benzene rings is 1. The first-order valence-electron chi connectivity index (χ1n) is 4.94. The second-order valence-corrected chi connectivity index (χ2v) is 4.36. The molecule has 0 aromatic heterocycles. The maximum atomic E-state index is 8.88. The van der Waals surface area contributed by atoms with Crippen LogP contribution in [0.15, 0.2) is 12.1 Å². The van der Waals surface area contributed by atoms with Gasteiger partial charge in [-0.2, -0.15) is 0 Å². The van der Waals surface area contributed by atoms with Gasteiger partial charge in [-0.05, 0) is 18.6 Å². The number of hydrogen-bond donors (Lipinski definition) is 2. The van der Waals surface area contributed by atoms with E-state index in [-0.39, 0.29) is 12.6 Å². The lowest BCUT2D eigenvalue weighted by atomic mass is 10.2. The predicted molar refractivity (Wildman–Crippen MR) is 66.4 cm³/mol. The Balaban J connectivity index is 2.77. The van der Waals surface area contributed by atoms with E-state index in [4.69, 9.17) is 33.0 Å². The van der Waals surface area contributed by atoms with E-state index in [9.17, 15) is 0 Å². The van der Waals surface area contributed by atoms with E-state index in [1.54, 1.807) is 19.2 Å². The molecule has 0 aliphatic heterocycles. The highest BCUT2D eigenvalue weighted by Gasteiger charge is 2.08. The molecular weight excluding hydrogens is 249 g/mol. The second kappa shape index (κ2) is 6.30. The van der Waals surface area contributed by atoms with Crippen LogP contribution in [0.25, 0.3) is 0 Å². The third kappa shape index (κ3) is 3.52. The van der Waals surface area contributed by atoms with Crippen molar-refractivity contribution in [2.45, 2.75) is 19.5 Å². The Hall–Kier alpha value is -0.480. The molecule has 16 heavy (non-hydrogen) atoms. The highest BCUT2D eigenvalue weighted by molar-refractivity contribution is 6.34. The summed E-state index contributed by atoms with van der Waals surface area (Å²) in [6.07, 6.45) is 0. The molecule has 90 valence electrons. The zero-order valence-electron chi connectivity index (χ0n) is 9.26. The lowest BCUT2D eigenvalue weighted by Gasteiger charge is -2.13. The Morgan fingerprint density at radius 2 is 2.06 bits per heavy atom. The monoisotopic (exact) mass is 263 g/mol. The minimum absolute atomic E-state index is 0.0249. The predicted octanol–water partition coefficient (Wildman–Crippen LogP) is 2.47. The van der Waals surface area contributed by atoms with Gasteiger partial charge < -0.3 is 15.2 Å². The van der Waals surface area contributed by atoms with Crippen LogP contribution in [0, 0.1) is 0 Å². The van der Waals surface area contributed by atoms with Crippen molar-refractivity contribution in [3.8, 4) is 5.75 Å². The van der Waals surface area contributed by atoms with Crippen LogP contribution in [-0.2, 0) is 6.54 Å². The fourth-order valence-electron chi connectivity index (χ4n) is 1.21. The van der Waals surface area contributed by atoms with Crippen LogP contribution in [0.5, 0.6) is 5.75 Å². The number of aliphatic hydroxyl groups is 1. The fraction of sp³-hybridized carbons (Fsp3) is 0.455. The molecule has 3 nitrogen and oxygen atoms in total. The third-order valence-corrected chi connectivity index (χ3v) is 2.88. The highest BCUT2D eigenvalue weighted by Crippen LogP contribution is 2.30. The largest absolute Gasteiger partial charge is 0.495 e. The molecule has 0 aliphatic carbocycles. The Bertz CT molecular complexity index is 358. The molecule has 2 N–H and O–H groups in total. The number of methoxy groups -OCH3 is 1. The molecule has 0 radical (unpaired) electrons. The standard InChI is InChI=1S/C11H15Cl2NO2/c1-7(6-15)14-5-8-3-10(13)11(16-2)4-9(8)12/h3-4,7,14-15H,5-6H2,1-2H3/t7-/m0/s1. The summed E-state index contributed by atoms with van der Waals surface area (Å²) in [5, 5.41) is 13.1. The van der Waals surface area contributed by atoms with Crippen molar-refractivity contribution < 1.29 is 9.84 Å². The van der Waals surface area contributed by atoms with Crippen LogP contribution in [0.2, 0.25) is 10.0 Å². The minimum atomic E-state index is 0.0249. The second-order valence-electron chi connectivity index (χ2n) is 3.54. The van der Waals surface area contributed by atoms with Gasteiger partial charge in [-0.3, -0.25) is 0 Å². The Morgan fingerprint density at radius 1 is 1.38 bits per heavy atom. The number of aliphatic hydroxyl groups excluding tert-OH is 1. The van der Waals surface area contributed by atoms with Crippen LogP contribution < -0.4 is 10.1 Å². The summed E-state index contributed by atoms with van der Waals surface area (Å²) in [4.78, 5) is 0. The first kappa shape index (κ1) is 13.6. The van der Waals surface area contributed by atoms with Crippen LogP contribution in [0.4, 0.5) is 0 Å². The van der Waals surface area contributed by atoms with E-state index in [2.05, 4.69) is 5.32 Å². The van der Waals surface area contributed by atoms with Gasteiger partial charge in [0.05, 0.1) is 18.7 Å². The van der Waals surface area contributed by atoms with Crippen LogP contribution >= 0.6 is 23.2 Å². The smallest absolute Gasteiger partial charge is 0.138 e. The van der Waals surface area contributed by atoms with Gasteiger partial charge in [-0.1, -0.05) is 23.2 Å². The van der Waals surface area contributed by atoms with Crippen molar-refractivity contribution in [2.75, 3.05) is 13.7 Å². The van der Waals surface area contributed by atoms with E-state index in [1.807, 2.05) is 6.92 Å². The molecule has 0 bridgehead atoms. The summed E-state index contributed by atoms with van der Waals surface area (Å²) in [5.41, 5.74) is 0.882. The van der Waals surface area contributed by atoms with Crippen LogP contribution in [-0.4, -0.2) is 24.9 Å². The average molecular weight is 264 g/mol. The Labute approximate surface area is 105 Å². The zero-order chi connectivity index (χ0) is 12.1. The first-order valence-corrected chi connectivity index (χ1v) is 5.70. The van der Waals surface area contributed by atoms with Gasteiger partial charge in [0.25, 0.3) is 0 Å². The van der Waals surface area contributed by atoms with E-state index >= 15 is 0 Å². The topological polar surface area (TPSA) is 41.5 Å². The van der Waals surface area contributed by atoms with Gasteiger partial charge in [-0.25, -0.2) is 0 Å². The number of ether oxygens (including phenoxy) is 1. The first-order chi connectivity index (χ1) is 7.58. The van der Waals surface area contributed by atoms with Crippen molar-refractivity contribution in [1.82, 2.24) is 5.32 Å². The number of nitrogens with one attached hydrogen (secondary N) is 1. The molecule has 0 heterocycles. The van der Waals surface area contributed by atoms with Gasteiger partial charge >= 0.3 is 0 Å². The van der Waals surface area contributed by atoms with E-state index in [0.717, 1.165) is 5.56 Å². The van der Waals surface area contributed by atoms with Crippen LogP contribution in [0.3, 0.4) is 0 Å². The number of halogens is 2. The van der Waals surface area contributed by atoms with Crippen molar-refractivity contribution in [3.05, 3.63) is 27.7 Å². The highest BCUT2D eigenvalue weighted by atomic mass is 35.5. The molecule has 5 heteroatoms. The molecule has 1 aromatic carbocycles. The van der Waals surface area contributed by atoms with Crippen LogP contribution in [0.1, 0.15) is 12.5 Å². The molecule has 1 atom stereocenters. The molecule has 0 saturated heterocycles.